The number of hydrogen-bond donors (Lipinski definition) is 4. The summed E-state index contributed by atoms with van der Waals surface area (Å²) in [5.41, 5.74) is 0. The van der Waals surface area contributed by atoms with E-state index in [1.807, 2.05) is 7.05 Å². The minimum atomic E-state index is -1.41. The first-order valence-electron chi connectivity index (χ1n) is 6.56. The van der Waals surface area contributed by atoms with E-state index < -0.39 is 30.4 Å². The monoisotopic (exact) mass is 287 g/mol. The molecule has 0 aliphatic carbocycles. The van der Waals surface area contributed by atoms with Gasteiger partial charge >= 0.3 is 18.0 Å². The summed E-state index contributed by atoms with van der Waals surface area (Å²) in [6.45, 7) is 2.43. The Morgan fingerprint density at radius 3 is 2.35 bits per heavy atom. The Bertz CT molecular complexity index is 366. The van der Waals surface area contributed by atoms with E-state index >= 15 is 0 Å². The number of piperidine rings is 1. The molecule has 114 valence electrons. The lowest BCUT2D eigenvalue weighted by Crippen LogP contribution is -2.48. The summed E-state index contributed by atoms with van der Waals surface area (Å²) in [7, 11) is 2.04. The summed E-state index contributed by atoms with van der Waals surface area (Å²) in [5, 5.41) is 22.1. The highest BCUT2D eigenvalue weighted by Crippen LogP contribution is 2.14. The largest absolute Gasteiger partial charge is 0.481 e. The second-order valence-electron chi connectivity index (χ2n) is 5.09. The molecule has 0 bridgehead atoms. The fourth-order valence-corrected chi connectivity index (χ4v) is 2.09. The first-order chi connectivity index (χ1) is 9.38. The Hall–Kier alpha value is -1.83. The number of nitrogens with zero attached hydrogens (tertiary/aromatic N) is 1. The third-order valence-corrected chi connectivity index (χ3v) is 3.37. The zero-order chi connectivity index (χ0) is 15.1. The van der Waals surface area contributed by atoms with Crippen LogP contribution < -0.4 is 10.6 Å². The Labute approximate surface area is 117 Å². The van der Waals surface area contributed by atoms with Crippen LogP contribution in [0.25, 0.3) is 0 Å². The van der Waals surface area contributed by atoms with Crippen molar-refractivity contribution in [1.29, 1.82) is 0 Å². The topological polar surface area (TPSA) is 119 Å². The lowest BCUT2D eigenvalue weighted by molar-refractivity contribution is -0.145. The highest BCUT2D eigenvalue weighted by atomic mass is 16.4. The molecule has 1 unspecified atom stereocenters. The van der Waals surface area contributed by atoms with Crippen molar-refractivity contribution in [3.63, 3.8) is 0 Å². The average Bonchev–Trinajstić information content (AvgIpc) is 2.36. The summed E-state index contributed by atoms with van der Waals surface area (Å²) in [4.78, 5) is 35.1. The van der Waals surface area contributed by atoms with E-state index in [9.17, 15) is 14.4 Å². The smallest absolute Gasteiger partial charge is 0.326 e. The first-order valence-corrected chi connectivity index (χ1v) is 6.56. The number of urea groups is 1. The molecular weight excluding hydrogens is 266 g/mol. The minimum Gasteiger partial charge on any atom is -0.481 e. The summed E-state index contributed by atoms with van der Waals surface area (Å²) >= 11 is 0. The van der Waals surface area contributed by atoms with Crippen LogP contribution in [-0.2, 0) is 9.59 Å². The molecule has 8 nitrogen and oxygen atoms in total. The number of carboxylic acids is 2. The Morgan fingerprint density at radius 1 is 1.25 bits per heavy atom. The van der Waals surface area contributed by atoms with Gasteiger partial charge in [0.25, 0.3) is 0 Å². The van der Waals surface area contributed by atoms with Gasteiger partial charge in [0.1, 0.15) is 6.04 Å². The van der Waals surface area contributed by atoms with Gasteiger partial charge in [0, 0.05) is 6.54 Å². The Morgan fingerprint density at radius 2 is 1.85 bits per heavy atom. The standard InChI is InChI=1S/C12H21N3O5/c1-15-4-2-8(3-5-15)7-13-12(20)14-9(11(18)19)6-10(16)17/h8-9H,2-7H2,1H3,(H,16,17)(H,18,19)(H2,13,14,20). The van der Waals surface area contributed by atoms with Gasteiger partial charge in [-0.2, -0.15) is 0 Å². The molecule has 4 N–H and O–H groups in total. The number of hydrogen-bond acceptors (Lipinski definition) is 4. The second-order valence-corrected chi connectivity index (χ2v) is 5.09. The predicted octanol–water partition coefficient (Wildman–Crippen LogP) is -0.445. The van der Waals surface area contributed by atoms with Crippen LogP contribution in [0.1, 0.15) is 19.3 Å². The molecule has 0 aromatic heterocycles. The summed E-state index contributed by atoms with van der Waals surface area (Å²) < 4.78 is 0. The average molecular weight is 287 g/mol. The van der Waals surface area contributed by atoms with Gasteiger partial charge in [-0.15, -0.1) is 0 Å². The van der Waals surface area contributed by atoms with Crippen molar-refractivity contribution in [2.75, 3.05) is 26.7 Å². The second kappa shape index (κ2) is 7.68. The van der Waals surface area contributed by atoms with Crippen LogP contribution in [0, 0.1) is 5.92 Å². The molecular formula is C12H21N3O5. The van der Waals surface area contributed by atoms with Gasteiger partial charge in [0.2, 0.25) is 0 Å². The number of likely N-dealkylation sites (tertiary alicyclic amines) is 1. The van der Waals surface area contributed by atoms with Crippen molar-refractivity contribution in [3.8, 4) is 0 Å². The maximum absolute atomic E-state index is 11.6. The molecule has 2 amide bonds. The van der Waals surface area contributed by atoms with E-state index in [0.717, 1.165) is 25.9 Å². The van der Waals surface area contributed by atoms with Crippen LogP contribution in [0.4, 0.5) is 4.79 Å². The van der Waals surface area contributed by atoms with Crippen LogP contribution in [0.15, 0.2) is 0 Å². The summed E-state index contributed by atoms with van der Waals surface area (Å²) in [6, 6.07) is -2.05. The van der Waals surface area contributed by atoms with Gasteiger partial charge in [-0.05, 0) is 38.9 Å². The van der Waals surface area contributed by atoms with E-state index in [4.69, 9.17) is 10.2 Å². The molecule has 1 fully saturated rings. The number of amides is 2. The number of carboxylic acid groups (broad SMARTS) is 2. The Balaban J connectivity index is 2.31. The van der Waals surface area contributed by atoms with Gasteiger partial charge < -0.3 is 25.7 Å². The van der Waals surface area contributed by atoms with Gasteiger partial charge in [0.05, 0.1) is 6.42 Å². The minimum absolute atomic E-state index is 0.375. The molecule has 1 heterocycles. The van der Waals surface area contributed by atoms with Crippen molar-refractivity contribution in [2.45, 2.75) is 25.3 Å². The van der Waals surface area contributed by atoms with Crippen molar-refractivity contribution < 1.29 is 24.6 Å². The molecule has 0 saturated carbocycles. The lowest BCUT2D eigenvalue weighted by atomic mass is 9.97. The van der Waals surface area contributed by atoms with E-state index in [0.29, 0.717) is 12.5 Å². The number of rotatable bonds is 6. The van der Waals surface area contributed by atoms with E-state index in [2.05, 4.69) is 15.5 Å². The van der Waals surface area contributed by atoms with Crippen LogP contribution in [0.5, 0.6) is 0 Å². The number of carbonyl (C=O) groups excluding carboxylic acids is 1. The maximum atomic E-state index is 11.6. The molecule has 1 atom stereocenters. The fourth-order valence-electron chi connectivity index (χ4n) is 2.09. The number of aliphatic carboxylic acids is 2. The molecule has 1 rings (SSSR count). The third kappa shape index (κ3) is 5.87. The predicted molar refractivity (Wildman–Crippen MR) is 70.4 cm³/mol. The van der Waals surface area contributed by atoms with Gasteiger partial charge in [-0.1, -0.05) is 0 Å². The molecule has 20 heavy (non-hydrogen) atoms. The normalized spacial score (nSPS) is 18.2. The molecule has 0 aromatic carbocycles. The van der Waals surface area contributed by atoms with Gasteiger partial charge in [-0.25, -0.2) is 9.59 Å². The molecule has 1 aliphatic rings. The van der Waals surface area contributed by atoms with Crippen LogP contribution in [0.3, 0.4) is 0 Å². The van der Waals surface area contributed by atoms with E-state index in [1.165, 1.54) is 0 Å². The SMILES string of the molecule is CN1CCC(CNC(=O)NC(CC(=O)O)C(=O)O)CC1. The van der Waals surface area contributed by atoms with Gasteiger partial charge in [-0.3, -0.25) is 4.79 Å². The van der Waals surface area contributed by atoms with E-state index in [-0.39, 0.29) is 0 Å². The van der Waals surface area contributed by atoms with E-state index in [1.54, 1.807) is 0 Å². The fraction of sp³-hybridized carbons (Fsp3) is 0.750. The van der Waals surface area contributed by atoms with Gasteiger partial charge in [0.15, 0.2) is 0 Å². The molecule has 1 aliphatic heterocycles. The molecule has 0 spiro atoms. The highest BCUT2D eigenvalue weighted by molar-refractivity contribution is 5.86. The maximum Gasteiger partial charge on any atom is 0.326 e. The lowest BCUT2D eigenvalue weighted by Gasteiger charge is -2.29. The van der Waals surface area contributed by atoms with Crippen molar-refractivity contribution in [2.24, 2.45) is 5.92 Å². The quantitative estimate of drug-likeness (QED) is 0.525. The van der Waals surface area contributed by atoms with Crippen molar-refractivity contribution in [3.05, 3.63) is 0 Å². The molecule has 0 aromatic rings. The first kappa shape index (κ1) is 16.2. The van der Waals surface area contributed by atoms with Crippen molar-refractivity contribution in [1.82, 2.24) is 15.5 Å². The van der Waals surface area contributed by atoms with Crippen LogP contribution in [-0.4, -0.2) is 65.8 Å². The summed E-state index contributed by atoms with van der Waals surface area (Å²) in [6.07, 6.45) is 1.32. The molecule has 0 radical (unpaired) electrons. The zero-order valence-corrected chi connectivity index (χ0v) is 11.5. The molecule has 1 saturated heterocycles. The zero-order valence-electron chi connectivity index (χ0n) is 11.5. The number of carbonyl (C=O) groups is 3. The summed E-state index contributed by atoms with van der Waals surface area (Å²) in [5.74, 6) is -2.26. The third-order valence-electron chi connectivity index (χ3n) is 3.37. The molecule has 8 heteroatoms. The van der Waals surface area contributed by atoms with Crippen LogP contribution >= 0.6 is 0 Å². The Kier molecular flexibility index (Phi) is 6.23. The highest BCUT2D eigenvalue weighted by Gasteiger charge is 2.23. The van der Waals surface area contributed by atoms with Crippen molar-refractivity contribution >= 4 is 18.0 Å². The van der Waals surface area contributed by atoms with Crippen LogP contribution in [0.2, 0.25) is 0 Å². The number of nitrogens with one attached hydrogen (secondary N) is 2.